The highest BCUT2D eigenvalue weighted by atomic mass is 35.5. The standard InChI is InChI=1S/C23H25ClN2O2S/c1-15-7-5-6-10-19(15)26-22(28)21(14-16-13-17(24)11-12-20(16)27)29-23(26)25-18-8-3-2-4-9-18/h2-4,8-9,11-15,19,23,25,27H,5-7,10H2,1H3/b21-14-/t15-,19-,23?/m1/s1. The van der Waals surface area contributed by atoms with E-state index in [4.69, 9.17) is 11.6 Å². The Kier molecular flexibility index (Phi) is 6.07. The van der Waals surface area contributed by atoms with Crippen LogP contribution >= 0.6 is 23.4 Å². The lowest BCUT2D eigenvalue weighted by Gasteiger charge is -2.39. The Balaban J connectivity index is 1.67. The van der Waals surface area contributed by atoms with Crippen LogP contribution in [0.5, 0.6) is 5.75 Å². The highest BCUT2D eigenvalue weighted by Crippen LogP contribution is 2.42. The number of phenolic OH excluding ortho intramolecular Hbond substituents is 1. The van der Waals surface area contributed by atoms with Gasteiger partial charge in [-0.25, -0.2) is 0 Å². The number of aromatic hydroxyl groups is 1. The number of anilines is 1. The zero-order valence-corrected chi connectivity index (χ0v) is 17.9. The van der Waals surface area contributed by atoms with Gasteiger partial charge in [-0.15, -0.1) is 0 Å². The summed E-state index contributed by atoms with van der Waals surface area (Å²) in [4.78, 5) is 16.1. The molecule has 2 aromatic rings. The van der Waals surface area contributed by atoms with E-state index < -0.39 is 0 Å². The summed E-state index contributed by atoms with van der Waals surface area (Å²) in [6.07, 6.45) is 6.29. The van der Waals surface area contributed by atoms with Gasteiger partial charge >= 0.3 is 0 Å². The Morgan fingerprint density at radius 3 is 2.69 bits per heavy atom. The minimum Gasteiger partial charge on any atom is -0.507 e. The highest BCUT2D eigenvalue weighted by molar-refractivity contribution is 8.05. The zero-order chi connectivity index (χ0) is 20.4. The van der Waals surface area contributed by atoms with Gasteiger partial charge in [0, 0.05) is 22.3 Å². The molecule has 2 aliphatic rings. The number of nitrogens with zero attached hydrogens (tertiary/aromatic N) is 1. The fourth-order valence-electron chi connectivity index (χ4n) is 4.15. The fourth-order valence-corrected chi connectivity index (χ4v) is 5.53. The van der Waals surface area contributed by atoms with E-state index in [-0.39, 0.29) is 23.2 Å². The minimum absolute atomic E-state index is 0.0153. The van der Waals surface area contributed by atoms with Gasteiger partial charge in [0.25, 0.3) is 5.91 Å². The summed E-state index contributed by atoms with van der Waals surface area (Å²) in [7, 11) is 0. The molecule has 2 N–H and O–H groups in total. The van der Waals surface area contributed by atoms with Gasteiger partial charge in [-0.1, -0.05) is 61.3 Å². The summed E-state index contributed by atoms with van der Waals surface area (Å²) in [6, 6.07) is 15.1. The van der Waals surface area contributed by atoms with Crippen molar-refractivity contribution in [2.75, 3.05) is 5.32 Å². The largest absolute Gasteiger partial charge is 0.507 e. The maximum atomic E-state index is 13.4. The van der Waals surface area contributed by atoms with Gasteiger partial charge in [0.1, 0.15) is 5.75 Å². The Hall–Kier alpha value is -2.11. The van der Waals surface area contributed by atoms with Gasteiger partial charge in [0.15, 0.2) is 5.50 Å². The monoisotopic (exact) mass is 428 g/mol. The van der Waals surface area contributed by atoms with E-state index in [1.165, 1.54) is 18.2 Å². The molecule has 1 aliphatic heterocycles. The van der Waals surface area contributed by atoms with Gasteiger partial charge in [-0.3, -0.25) is 4.79 Å². The first-order valence-corrected chi connectivity index (χ1v) is 11.3. The maximum absolute atomic E-state index is 13.4. The van der Waals surface area contributed by atoms with E-state index in [2.05, 4.69) is 12.2 Å². The van der Waals surface area contributed by atoms with Gasteiger partial charge in [0.05, 0.1) is 4.91 Å². The first-order valence-electron chi connectivity index (χ1n) is 10.0. The number of hydrogen-bond donors (Lipinski definition) is 2. The van der Waals surface area contributed by atoms with Crippen LogP contribution in [0.25, 0.3) is 6.08 Å². The third-order valence-corrected chi connectivity index (χ3v) is 7.05. The topological polar surface area (TPSA) is 52.6 Å². The molecular formula is C23H25ClN2O2S. The minimum atomic E-state index is -0.178. The normalized spacial score (nSPS) is 26.1. The van der Waals surface area contributed by atoms with E-state index in [0.29, 0.717) is 21.4 Å². The van der Waals surface area contributed by atoms with Gasteiger partial charge in [-0.05, 0) is 55.2 Å². The molecule has 152 valence electrons. The van der Waals surface area contributed by atoms with Crippen molar-refractivity contribution in [1.82, 2.24) is 4.90 Å². The molecule has 1 aliphatic carbocycles. The second-order valence-corrected chi connectivity index (χ2v) is 9.29. The predicted octanol–water partition coefficient (Wildman–Crippen LogP) is 5.94. The summed E-state index contributed by atoms with van der Waals surface area (Å²) in [6.45, 7) is 2.24. The van der Waals surface area contributed by atoms with Crippen molar-refractivity contribution in [2.24, 2.45) is 5.92 Å². The van der Waals surface area contributed by atoms with E-state index in [1.54, 1.807) is 24.3 Å². The van der Waals surface area contributed by atoms with Crippen molar-refractivity contribution in [2.45, 2.75) is 44.1 Å². The molecule has 4 rings (SSSR count). The number of carbonyl (C=O) groups is 1. The van der Waals surface area contributed by atoms with E-state index >= 15 is 0 Å². The first kappa shape index (κ1) is 20.2. The molecule has 0 radical (unpaired) electrons. The number of phenols is 1. The van der Waals surface area contributed by atoms with Crippen molar-refractivity contribution in [3.05, 3.63) is 64.0 Å². The molecule has 0 aromatic heterocycles. The molecule has 1 saturated carbocycles. The molecule has 4 nitrogen and oxygen atoms in total. The lowest BCUT2D eigenvalue weighted by atomic mass is 9.85. The number of rotatable bonds is 4. The molecule has 1 saturated heterocycles. The molecule has 1 unspecified atom stereocenters. The molecule has 0 spiro atoms. The van der Waals surface area contributed by atoms with Crippen molar-refractivity contribution >= 4 is 41.0 Å². The van der Waals surface area contributed by atoms with Gasteiger partial charge in [0.2, 0.25) is 0 Å². The Bertz CT molecular complexity index is 918. The van der Waals surface area contributed by atoms with Gasteiger partial charge in [-0.2, -0.15) is 0 Å². The number of hydrogen-bond acceptors (Lipinski definition) is 4. The van der Waals surface area contributed by atoms with Crippen molar-refractivity contribution in [1.29, 1.82) is 0 Å². The van der Waals surface area contributed by atoms with Crippen LogP contribution in [-0.2, 0) is 4.79 Å². The van der Waals surface area contributed by atoms with Crippen LogP contribution < -0.4 is 5.32 Å². The number of benzene rings is 2. The number of para-hydroxylation sites is 1. The summed E-state index contributed by atoms with van der Waals surface area (Å²) < 4.78 is 0. The summed E-state index contributed by atoms with van der Waals surface area (Å²) in [5.74, 6) is 0.598. The molecule has 29 heavy (non-hydrogen) atoms. The third-order valence-electron chi connectivity index (χ3n) is 5.70. The first-order chi connectivity index (χ1) is 14.0. The lowest BCUT2D eigenvalue weighted by Crippen LogP contribution is -2.48. The Labute approximate surface area is 180 Å². The summed E-state index contributed by atoms with van der Waals surface area (Å²) in [5.41, 5.74) is 1.37. The Morgan fingerprint density at radius 2 is 1.93 bits per heavy atom. The van der Waals surface area contributed by atoms with Crippen LogP contribution in [0.1, 0.15) is 38.2 Å². The Morgan fingerprint density at radius 1 is 1.17 bits per heavy atom. The molecule has 3 atom stereocenters. The number of thioether (sulfide) groups is 1. The molecular weight excluding hydrogens is 404 g/mol. The fraction of sp³-hybridized carbons (Fsp3) is 0.348. The molecule has 0 bridgehead atoms. The molecule has 2 fully saturated rings. The second kappa shape index (κ2) is 8.72. The third kappa shape index (κ3) is 4.41. The van der Waals surface area contributed by atoms with Crippen molar-refractivity contribution in [3.63, 3.8) is 0 Å². The maximum Gasteiger partial charge on any atom is 0.262 e. The van der Waals surface area contributed by atoms with Crippen LogP contribution in [0.15, 0.2) is 53.4 Å². The quantitative estimate of drug-likeness (QED) is 0.592. The van der Waals surface area contributed by atoms with Crippen LogP contribution in [0.3, 0.4) is 0 Å². The van der Waals surface area contributed by atoms with Crippen molar-refractivity contribution < 1.29 is 9.90 Å². The van der Waals surface area contributed by atoms with E-state index in [9.17, 15) is 9.90 Å². The van der Waals surface area contributed by atoms with Crippen LogP contribution in [0.2, 0.25) is 5.02 Å². The average molecular weight is 429 g/mol. The lowest BCUT2D eigenvalue weighted by molar-refractivity contribution is -0.129. The molecule has 1 heterocycles. The van der Waals surface area contributed by atoms with Crippen molar-refractivity contribution in [3.8, 4) is 5.75 Å². The summed E-state index contributed by atoms with van der Waals surface area (Å²) in [5, 5.41) is 14.2. The van der Waals surface area contributed by atoms with Gasteiger partial charge < -0.3 is 15.3 Å². The SMILES string of the molecule is C[C@@H]1CCCC[C@H]1N1C(=O)/C(=C/c2cc(Cl)ccc2O)SC1Nc1ccccc1. The van der Waals surface area contributed by atoms with Crippen LogP contribution in [0.4, 0.5) is 5.69 Å². The highest BCUT2D eigenvalue weighted by Gasteiger charge is 2.42. The molecule has 1 amide bonds. The number of carbonyl (C=O) groups excluding carboxylic acids is 1. The predicted molar refractivity (Wildman–Crippen MR) is 121 cm³/mol. The summed E-state index contributed by atoms with van der Waals surface area (Å²) >= 11 is 7.59. The van der Waals surface area contributed by atoms with Crippen LogP contribution in [0, 0.1) is 5.92 Å². The zero-order valence-electron chi connectivity index (χ0n) is 16.3. The average Bonchev–Trinajstić information content (AvgIpc) is 3.01. The second-order valence-electron chi connectivity index (χ2n) is 7.73. The van der Waals surface area contributed by atoms with E-state index in [0.717, 1.165) is 24.9 Å². The number of amides is 1. The van der Waals surface area contributed by atoms with E-state index in [1.807, 2.05) is 35.2 Å². The molecule has 2 aromatic carbocycles. The number of nitrogens with one attached hydrogen (secondary N) is 1. The molecule has 6 heteroatoms. The smallest absolute Gasteiger partial charge is 0.262 e. The van der Waals surface area contributed by atoms with Crippen LogP contribution in [-0.4, -0.2) is 27.5 Å². The number of halogens is 1.